The number of rotatable bonds is 6. The highest BCUT2D eigenvalue weighted by Crippen LogP contribution is 2.32. The van der Waals surface area contributed by atoms with Crippen molar-refractivity contribution in [3.05, 3.63) is 45.4 Å². The lowest BCUT2D eigenvalue weighted by Crippen LogP contribution is -2.10. The molecule has 0 saturated carbocycles. The number of aromatic nitrogens is 1. The van der Waals surface area contributed by atoms with E-state index in [2.05, 4.69) is 24.1 Å². The van der Waals surface area contributed by atoms with Crippen molar-refractivity contribution in [3.63, 3.8) is 0 Å². The van der Waals surface area contributed by atoms with Gasteiger partial charge in [-0.15, -0.1) is 0 Å². The lowest BCUT2D eigenvalue weighted by atomic mass is 9.99. The molecule has 0 fully saturated rings. The molecule has 2 heterocycles. The van der Waals surface area contributed by atoms with E-state index in [1.54, 1.807) is 13.1 Å². The molecule has 2 aromatic heterocycles. The number of fused-ring (bicyclic) bond motifs is 2. The number of aromatic carboxylic acids is 2. The summed E-state index contributed by atoms with van der Waals surface area (Å²) in [6.07, 6.45) is 3.75. The zero-order valence-electron chi connectivity index (χ0n) is 17.5. The second-order valence-electron chi connectivity index (χ2n) is 6.77. The summed E-state index contributed by atoms with van der Waals surface area (Å²) < 4.78 is 5.46. The molecule has 3 N–H and O–H groups in total. The number of anilines is 1. The summed E-state index contributed by atoms with van der Waals surface area (Å²) in [6, 6.07) is 3.87. The highest BCUT2D eigenvalue weighted by molar-refractivity contribution is 6.05. The van der Waals surface area contributed by atoms with Crippen LogP contribution in [-0.4, -0.2) is 34.2 Å². The van der Waals surface area contributed by atoms with E-state index in [0.717, 1.165) is 6.07 Å². The number of benzene rings is 1. The predicted molar refractivity (Wildman–Crippen MR) is 116 cm³/mol. The first-order chi connectivity index (χ1) is 14.3. The molecule has 0 amide bonds. The third-order valence-electron chi connectivity index (χ3n) is 4.59. The topological polar surface area (TPSA) is 130 Å². The molecule has 1 aromatic carbocycles. The molecule has 0 aliphatic carbocycles. The van der Waals surface area contributed by atoms with Crippen LogP contribution in [0.1, 0.15) is 66.6 Å². The van der Waals surface area contributed by atoms with Gasteiger partial charge < -0.3 is 19.9 Å². The van der Waals surface area contributed by atoms with Crippen molar-refractivity contribution < 1.29 is 24.2 Å². The zero-order chi connectivity index (χ0) is 22.4. The molecule has 8 nitrogen and oxygen atoms in total. The van der Waals surface area contributed by atoms with Gasteiger partial charge in [-0.1, -0.05) is 40.0 Å². The number of hydrogen-bond donors (Lipinski definition) is 3. The van der Waals surface area contributed by atoms with Crippen LogP contribution in [0.3, 0.4) is 0 Å². The number of carbonyl (C=O) groups is 2. The Kier molecular flexibility index (Phi) is 7.52. The first-order valence-electron chi connectivity index (χ1n) is 9.87. The molecule has 30 heavy (non-hydrogen) atoms. The van der Waals surface area contributed by atoms with Gasteiger partial charge >= 0.3 is 11.9 Å². The van der Waals surface area contributed by atoms with Crippen LogP contribution in [0.5, 0.6) is 0 Å². The molecular formula is C22H26N2O6. The lowest BCUT2D eigenvalue weighted by Gasteiger charge is -2.13. The third kappa shape index (κ3) is 4.59. The molecule has 0 bridgehead atoms. The number of aryl methyl sites for hydroxylation is 1. The van der Waals surface area contributed by atoms with Gasteiger partial charge in [-0.3, -0.25) is 4.79 Å². The molecule has 3 rings (SSSR count). The smallest absolute Gasteiger partial charge is 0.371 e. The van der Waals surface area contributed by atoms with E-state index < -0.39 is 23.1 Å². The Labute approximate surface area is 173 Å². The fourth-order valence-corrected chi connectivity index (χ4v) is 2.95. The maximum atomic E-state index is 12.4. The van der Waals surface area contributed by atoms with Gasteiger partial charge in [0.25, 0.3) is 0 Å². The van der Waals surface area contributed by atoms with E-state index in [1.165, 1.54) is 18.9 Å². The number of hydrogen-bond acceptors (Lipinski definition) is 6. The maximum absolute atomic E-state index is 12.4. The fraction of sp³-hybridized carbons (Fsp3) is 0.364. The summed E-state index contributed by atoms with van der Waals surface area (Å²) in [6.45, 7) is 6.27. The van der Waals surface area contributed by atoms with Crippen molar-refractivity contribution >= 4 is 39.5 Å². The van der Waals surface area contributed by atoms with Gasteiger partial charge in [0.1, 0.15) is 5.58 Å². The Balaban J connectivity index is 0.000000735. The SMILES string of the molecule is CCCC.CCCc1c2nc(C(=O)O)cc(NC)c2cc2c(=O)cc(C(=O)O)oc12. The Bertz CT molecular complexity index is 1150. The van der Waals surface area contributed by atoms with E-state index in [1.807, 2.05) is 6.92 Å². The molecule has 3 aromatic rings. The number of nitrogens with zero attached hydrogens (tertiary/aromatic N) is 1. The third-order valence-corrected chi connectivity index (χ3v) is 4.59. The number of nitrogens with one attached hydrogen (secondary N) is 1. The molecule has 0 aliphatic rings. The predicted octanol–water partition coefficient (Wildman–Crippen LogP) is 4.54. The van der Waals surface area contributed by atoms with Crippen LogP contribution in [0.2, 0.25) is 0 Å². The molecule has 0 saturated heterocycles. The van der Waals surface area contributed by atoms with Crippen molar-refractivity contribution in [2.45, 2.75) is 46.5 Å². The summed E-state index contributed by atoms with van der Waals surface area (Å²) in [5, 5.41) is 22.2. The number of carboxylic acid groups (broad SMARTS) is 2. The monoisotopic (exact) mass is 414 g/mol. The van der Waals surface area contributed by atoms with Crippen molar-refractivity contribution in [1.29, 1.82) is 0 Å². The van der Waals surface area contributed by atoms with Crippen LogP contribution < -0.4 is 10.7 Å². The quantitative estimate of drug-likeness (QED) is 0.501. The molecule has 160 valence electrons. The molecule has 0 spiro atoms. The van der Waals surface area contributed by atoms with Crippen LogP contribution in [0.15, 0.2) is 27.4 Å². The first-order valence-corrected chi connectivity index (χ1v) is 9.87. The largest absolute Gasteiger partial charge is 0.477 e. The Morgan fingerprint density at radius 1 is 1.00 bits per heavy atom. The Morgan fingerprint density at radius 2 is 1.67 bits per heavy atom. The molecule has 0 unspecified atom stereocenters. The van der Waals surface area contributed by atoms with E-state index in [-0.39, 0.29) is 16.7 Å². The van der Waals surface area contributed by atoms with Crippen molar-refractivity contribution in [3.8, 4) is 0 Å². The summed E-state index contributed by atoms with van der Waals surface area (Å²) >= 11 is 0. The van der Waals surface area contributed by atoms with Gasteiger partial charge in [0.2, 0.25) is 5.76 Å². The maximum Gasteiger partial charge on any atom is 0.371 e. The van der Waals surface area contributed by atoms with Gasteiger partial charge in [-0.2, -0.15) is 0 Å². The van der Waals surface area contributed by atoms with Crippen LogP contribution in [0, 0.1) is 0 Å². The van der Waals surface area contributed by atoms with Crippen molar-refractivity contribution in [2.24, 2.45) is 0 Å². The van der Waals surface area contributed by atoms with E-state index in [9.17, 15) is 19.5 Å². The summed E-state index contributed by atoms with van der Waals surface area (Å²) in [5.74, 6) is -3.01. The number of carboxylic acids is 2. The molecule has 0 aliphatic heterocycles. The normalized spacial score (nSPS) is 10.5. The average Bonchev–Trinajstić information content (AvgIpc) is 2.73. The van der Waals surface area contributed by atoms with Gasteiger partial charge in [0.05, 0.1) is 10.9 Å². The second-order valence-corrected chi connectivity index (χ2v) is 6.77. The minimum Gasteiger partial charge on any atom is -0.477 e. The Morgan fingerprint density at radius 3 is 2.17 bits per heavy atom. The zero-order valence-corrected chi connectivity index (χ0v) is 17.5. The summed E-state index contributed by atoms with van der Waals surface area (Å²) in [7, 11) is 1.64. The summed E-state index contributed by atoms with van der Waals surface area (Å²) in [5.41, 5.74) is 0.881. The van der Waals surface area contributed by atoms with Gasteiger partial charge in [-0.05, 0) is 18.6 Å². The highest BCUT2D eigenvalue weighted by atomic mass is 16.4. The fourth-order valence-electron chi connectivity index (χ4n) is 2.95. The van der Waals surface area contributed by atoms with Gasteiger partial charge in [-0.25, -0.2) is 14.6 Å². The van der Waals surface area contributed by atoms with Crippen LogP contribution >= 0.6 is 0 Å². The van der Waals surface area contributed by atoms with Crippen LogP contribution in [-0.2, 0) is 6.42 Å². The van der Waals surface area contributed by atoms with Crippen LogP contribution in [0.25, 0.3) is 21.9 Å². The average molecular weight is 414 g/mol. The van der Waals surface area contributed by atoms with E-state index in [0.29, 0.717) is 35.0 Å². The van der Waals surface area contributed by atoms with E-state index in [4.69, 9.17) is 9.52 Å². The van der Waals surface area contributed by atoms with Crippen LogP contribution in [0.4, 0.5) is 5.69 Å². The van der Waals surface area contributed by atoms with E-state index >= 15 is 0 Å². The Hall–Kier alpha value is -3.42. The number of pyridine rings is 1. The minimum absolute atomic E-state index is 0.126. The molecule has 0 atom stereocenters. The summed E-state index contributed by atoms with van der Waals surface area (Å²) in [4.78, 5) is 39.3. The first kappa shape index (κ1) is 22.9. The molecule has 0 radical (unpaired) electrons. The van der Waals surface area contributed by atoms with Gasteiger partial charge in [0, 0.05) is 29.8 Å². The number of unbranched alkanes of at least 4 members (excludes halogenated alkanes) is 1. The minimum atomic E-state index is -1.35. The lowest BCUT2D eigenvalue weighted by molar-refractivity contribution is 0.0660. The van der Waals surface area contributed by atoms with Crippen molar-refractivity contribution in [2.75, 3.05) is 12.4 Å². The standard InChI is InChI=1S/C18H16N2O6.C4H10/c1-3-4-8-15-9(11(19-2)6-12(20-15)17(22)23)5-10-13(21)7-14(18(24)25)26-16(8)10;1-3-4-2/h5-7H,3-4H2,1-2H3,(H,19,20)(H,22,23)(H,24,25);3-4H2,1-2H3. The molecular weight excluding hydrogens is 388 g/mol. The van der Waals surface area contributed by atoms with Crippen molar-refractivity contribution in [1.82, 2.24) is 4.98 Å². The second kappa shape index (κ2) is 9.87. The highest BCUT2D eigenvalue weighted by Gasteiger charge is 2.20. The van der Waals surface area contributed by atoms with Gasteiger partial charge in [0.15, 0.2) is 11.1 Å². The molecule has 8 heteroatoms.